The lowest BCUT2D eigenvalue weighted by molar-refractivity contribution is -0.131. The molecule has 2 aromatic rings. The Hall–Kier alpha value is -2.82. The summed E-state index contributed by atoms with van der Waals surface area (Å²) >= 11 is 0. The molecule has 5 nitrogen and oxygen atoms in total. The molecule has 2 fully saturated rings. The second-order valence-electron chi connectivity index (χ2n) is 7.51. The van der Waals surface area contributed by atoms with Crippen LogP contribution in [-0.4, -0.2) is 36.9 Å². The van der Waals surface area contributed by atoms with Gasteiger partial charge in [0.1, 0.15) is 5.75 Å². The molecule has 2 aliphatic rings. The van der Waals surface area contributed by atoms with E-state index < -0.39 is 0 Å². The zero-order valence-corrected chi connectivity index (χ0v) is 16.3. The van der Waals surface area contributed by atoms with Crippen molar-refractivity contribution in [2.24, 2.45) is 0 Å². The molecule has 0 radical (unpaired) electrons. The smallest absolute Gasteiger partial charge is 0.227 e. The first kappa shape index (κ1) is 18.5. The van der Waals surface area contributed by atoms with Crippen molar-refractivity contribution in [2.45, 2.75) is 38.1 Å². The van der Waals surface area contributed by atoms with Crippen molar-refractivity contribution in [3.63, 3.8) is 0 Å². The molecule has 2 aliphatic heterocycles. The molecule has 0 N–H and O–H groups in total. The average molecular weight is 378 g/mol. The van der Waals surface area contributed by atoms with Gasteiger partial charge in [0.05, 0.1) is 19.6 Å². The van der Waals surface area contributed by atoms with E-state index >= 15 is 0 Å². The molecule has 0 unspecified atom stereocenters. The molecule has 2 saturated heterocycles. The van der Waals surface area contributed by atoms with E-state index in [0.717, 1.165) is 54.9 Å². The fraction of sp³-hybridized carbons (Fsp3) is 0.391. The van der Waals surface area contributed by atoms with Crippen LogP contribution in [0.2, 0.25) is 0 Å². The predicted octanol–water partition coefficient (Wildman–Crippen LogP) is 3.73. The molecule has 4 rings (SSSR count). The van der Waals surface area contributed by atoms with Crippen LogP contribution >= 0.6 is 0 Å². The third-order valence-electron chi connectivity index (χ3n) is 5.73. The van der Waals surface area contributed by atoms with Crippen LogP contribution in [0.5, 0.6) is 5.75 Å². The molecule has 5 heteroatoms. The lowest BCUT2D eigenvalue weighted by Crippen LogP contribution is -2.31. The van der Waals surface area contributed by atoms with Gasteiger partial charge < -0.3 is 14.5 Å². The van der Waals surface area contributed by atoms with Crippen molar-refractivity contribution < 1.29 is 14.3 Å². The van der Waals surface area contributed by atoms with Gasteiger partial charge in [-0.15, -0.1) is 0 Å². The van der Waals surface area contributed by atoms with E-state index in [0.29, 0.717) is 12.8 Å². The van der Waals surface area contributed by atoms with Crippen LogP contribution in [0, 0.1) is 0 Å². The summed E-state index contributed by atoms with van der Waals surface area (Å²) in [5.74, 6) is 1.15. The maximum atomic E-state index is 13.0. The van der Waals surface area contributed by atoms with Crippen LogP contribution in [0.1, 0.15) is 42.9 Å². The van der Waals surface area contributed by atoms with Crippen molar-refractivity contribution in [1.82, 2.24) is 4.90 Å². The number of rotatable bonds is 5. The van der Waals surface area contributed by atoms with E-state index in [9.17, 15) is 9.59 Å². The zero-order chi connectivity index (χ0) is 19.5. The number of anilines is 1. The molecule has 0 saturated carbocycles. The summed E-state index contributed by atoms with van der Waals surface area (Å²) in [7, 11) is 1.66. The summed E-state index contributed by atoms with van der Waals surface area (Å²) in [6, 6.07) is 16.0. The highest BCUT2D eigenvalue weighted by Crippen LogP contribution is 2.34. The van der Waals surface area contributed by atoms with E-state index in [2.05, 4.69) is 6.07 Å². The lowest BCUT2D eigenvalue weighted by atomic mass is 10.0. The summed E-state index contributed by atoms with van der Waals surface area (Å²) in [5.41, 5.74) is 3.04. The molecule has 2 aromatic carbocycles. The number of hydrogen-bond donors (Lipinski definition) is 0. The highest BCUT2D eigenvalue weighted by Gasteiger charge is 2.30. The summed E-state index contributed by atoms with van der Waals surface area (Å²) in [6.07, 6.45) is 3.92. The molecular formula is C23H26N2O3. The maximum absolute atomic E-state index is 13.0. The van der Waals surface area contributed by atoms with Crippen LogP contribution in [0.25, 0.3) is 0 Å². The van der Waals surface area contributed by atoms with Gasteiger partial charge in [-0.25, -0.2) is 0 Å². The van der Waals surface area contributed by atoms with Gasteiger partial charge in [0.2, 0.25) is 11.8 Å². The lowest BCUT2D eigenvalue weighted by Gasteiger charge is -2.25. The Morgan fingerprint density at radius 3 is 2.64 bits per heavy atom. The highest BCUT2D eigenvalue weighted by atomic mass is 16.5. The van der Waals surface area contributed by atoms with Gasteiger partial charge in [0, 0.05) is 25.2 Å². The van der Waals surface area contributed by atoms with Gasteiger partial charge in [-0.1, -0.05) is 24.3 Å². The molecule has 2 heterocycles. The Balaban J connectivity index is 1.44. The van der Waals surface area contributed by atoms with Crippen molar-refractivity contribution in [3.8, 4) is 5.75 Å². The second-order valence-corrected chi connectivity index (χ2v) is 7.51. The Morgan fingerprint density at radius 1 is 1.11 bits per heavy atom. The number of ether oxygens (including phenoxy) is 1. The number of nitrogens with zero attached hydrogens (tertiary/aromatic N) is 2. The number of hydrogen-bond acceptors (Lipinski definition) is 3. The van der Waals surface area contributed by atoms with Crippen LogP contribution in [-0.2, 0) is 16.0 Å². The van der Waals surface area contributed by atoms with Crippen molar-refractivity contribution in [1.29, 1.82) is 0 Å². The van der Waals surface area contributed by atoms with Crippen LogP contribution in [0.4, 0.5) is 5.69 Å². The van der Waals surface area contributed by atoms with Gasteiger partial charge in [-0.05, 0) is 54.7 Å². The molecule has 0 aliphatic carbocycles. The fourth-order valence-corrected chi connectivity index (χ4v) is 4.25. The fourth-order valence-electron chi connectivity index (χ4n) is 4.25. The molecule has 28 heavy (non-hydrogen) atoms. The second kappa shape index (κ2) is 8.05. The number of carbonyl (C=O) groups is 2. The average Bonchev–Trinajstić information content (AvgIpc) is 3.38. The third-order valence-corrected chi connectivity index (χ3v) is 5.73. The summed E-state index contributed by atoms with van der Waals surface area (Å²) in [6.45, 7) is 1.58. The Labute approximate surface area is 165 Å². The first-order chi connectivity index (χ1) is 13.7. The zero-order valence-electron chi connectivity index (χ0n) is 16.3. The van der Waals surface area contributed by atoms with Crippen molar-refractivity contribution >= 4 is 17.5 Å². The number of carbonyl (C=O) groups excluding carboxylic acids is 2. The maximum Gasteiger partial charge on any atom is 0.227 e. The SMILES string of the molecule is COc1cccc([C@@H]2CCCN2C(=O)Cc2ccc(N3CCCC3=O)cc2)c1. The van der Waals surface area contributed by atoms with E-state index in [1.807, 2.05) is 52.3 Å². The first-order valence-corrected chi connectivity index (χ1v) is 9.98. The third kappa shape index (κ3) is 3.75. The molecule has 1 atom stereocenters. The minimum absolute atomic E-state index is 0.115. The Morgan fingerprint density at radius 2 is 1.93 bits per heavy atom. The van der Waals surface area contributed by atoms with Gasteiger partial charge >= 0.3 is 0 Å². The minimum Gasteiger partial charge on any atom is -0.497 e. The van der Waals surface area contributed by atoms with Gasteiger partial charge in [-0.3, -0.25) is 9.59 Å². The summed E-state index contributed by atoms with van der Waals surface area (Å²) < 4.78 is 5.34. The minimum atomic E-state index is 0.115. The van der Waals surface area contributed by atoms with Crippen molar-refractivity contribution in [3.05, 3.63) is 59.7 Å². The molecule has 0 spiro atoms. The Kier molecular flexibility index (Phi) is 5.33. The summed E-state index contributed by atoms with van der Waals surface area (Å²) in [5, 5.41) is 0. The van der Waals surface area contributed by atoms with Crippen LogP contribution in [0.3, 0.4) is 0 Å². The first-order valence-electron chi connectivity index (χ1n) is 9.98. The Bertz CT molecular complexity index is 862. The van der Waals surface area contributed by atoms with Gasteiger partial charge in [-0.2, -0.15) is 0 Å². The van der Waals surface area contributed by atoms with Crippen LogP contribution < -0.4 is 9.64 Å². The van der Waals surface area contributed by atoms with E-state index in [4.69, 9.17) is 4.74 Å². The van der Waals surface area contributed by atoms with Crippen molar-refractivity contribution in [2.75, 3.05) is 25.1 Å². The molecule has 2 amide bonds. The monoisotopic (exact) mass is 378 g/mol. The van der Waals surface area contributed by atoms with E-state index in [1.54, 1.807) is 7.11 Å². The molecular weight excluding hydrogens is 352 g/mol. The normalized spacial score (nSPS) is 19.3. The highest BCUT2D eigenvalue weighted by molar-refractivity contribution is 5.95. The quantitative estimate of drug-likeness (QED) is 0.797. The predicted molar refractivity (Wildman–Crippen MR) is 108 cm³/mol. The summed E-state index contributed by atoms with van der Waals surface area (Å²) in [4.78, 5) is 28.7. The van der Waals surface area contributed by atoms with Gasteiger partial charge in [0.25, 0.3) is 0 Å². The molecule has 0 bridgehead atoms. The number of benzene rings is 2. The van der Waals surface area contributed by atoms with Crippen LogP contribution in [0.15, 0.2) is 48.5 Å². The van der Waals surface area contributed by atoms with E-state index in [-0.39, 0.29) is 17.9 Å². The topological polar surface area (TPSA) is 49.9 Å². The number of likely N-dealkylation sites (tertiary alicyclic amines) is 1. The molecule has 0 aromatic heterocycles. The van der Waals surface area contributed by atoms with Gasteiger partial charge in [0.15, 0.2) is 0 Å². The van der Waals surface area contributed by atoms with E-state index in [1.165, 1.54) is 0 Å². The number of methoxy groups -OCH3 is 1. The standard InChI is InChI=1S/C23H26N2O3/c1-28-20-6-2-5-18(16-20)21-7-3-14-25(21)23(27)15-17-9-11-19(12-10-17)24-13-4-8-22(24)26/h2,5-6,9-12,16,21H,3-4,7-8,13-15H2,1H3/t21-/m0/s1. The molecule has 146 valence electrons. The number of amides is 2. The largest absolute Gasteiger partial charge is 0.497 e.